The van der Waals surface area contributed by atoms with Crippen molar-refractivity contribution in [3.8, 4) is 0 Å². The van der Waals surface area contributed by atoms with E-state index in [4.69, 9.17) is 0 Å². The van der Waals surface area contributed by atoms with Gasteiger partial charge < -0.3 is 9.83 Å². The lowest BCUT2D eigenvalue weighted by Gasteiger charge is -2.36. The van der Waals surface area contributed by atoms with Crippen LogP contribution in [-0.2, 0) is 4.79 Å². The van der Waals surface area contributed by atoms with Gasteiger partial charge in [-0.1, -0.05) is 26.7 Å². The second kappa shape index (κ2) is 5.72. The summed E-state index contributed by atoms with van der Waals surface area (Å²) in [5, 5.41) is 9.40. The minimum Gasteiger partial charge on any atom is -0.393 e. The standard InChI is InChI=1S/C10H20N2O2S/c1-7(2)9(10(14)11-15)12-5-3-8(13)4-6-12/h7-9,13,15H,3-6H2,1-2H3,(H,11,14)/t9-/m0/s1. The molecule has 0 aromatic rings. The van der Waals surface area contributed by atoms with Crippen LogP contribution in [0.4, 0.5) is 0 Å². The first kappa shape index (κ1) is 12.8. The van der Waals surface area contributed by atoms with Crippen molar-refractivity contribution in [3.63, 3.8) is 0 Å². The van der Waals surface area contributed by atoms with E-state index in [9.17, 15) is 9.90 Å². The van der Waals surface area contributed by atoms with Gasteiger partial charge >= 0.3 is 0 Å². The number of nitrogens with zero attached hydrogens (tertiary/aromatic N) is 1. The summed E-state index contributed by atoms with van der Waals surface area (Å²) in [5.41, 5.74) is 0. The normalized spacial score (nSPS) is 21.7. The molecule has 0 radical (unpaired) electrons. The highest BCUT2D eigenvalue weighted by molar-refractivity contribution is 7.78. The van der Waals surface area contributed by atoms with E-state index in [2.05, 4.69) is 22.4 Å². The summed E-state index contributed by atoms with van der Waals surface area (Å²) >= 11 is 3.81. The van der Waals surface area contributed by atoms with Crippen molar-refractivity contribution in [2.24, 2.45) is 5.92 Å². The Morgan fingerprint density at radius 1 is 1.47 bits per heavy atom. The van der Waals surface area contributed by atoms with Gasteiger partial charge in [0.05, 0.1) is 12.1 Å². The van der Waals surface area contributed by atoms with Crippen LogP contribution in [0, 0.1) is 5.92 Å². The van der Waals surface area contributed by atoms with Crippen LogP contribution in [0.5, 0.6) is 0 Å². The Bertz CT molecular complexity index is 215. The molecule has 1 amide bonds. The molecule has 5 heteroatoms. The second-order valence-electron chi connectivity index (χ2n) is 4.43. The van der Waals surface area contributed by atoms with Crippen LogP contribution >= 0.6 is 12.8 Å². The van der Waals surface area contributed by atoms with Crippen LogP contribution in [0.15, 0.2) is 0 Å². The summed E-state index contributed by atoms with van der Waals surface area (Å²) < 4.78 is 2.41. The topological polar surface area (TPSA) is 52.6 Å². The predicted octanol–water partition coefficient (Wildman–Crippen LogP) is 0.429. The summed E-state index contributed by atoms with van der Waals surface area (Å²) in [7, 11) is 0. The summed E-state index contributed by atoms with van der Waals surface area (Å²) in [4.78, 5) is 13.8. The Morgan fingerprint density at radius 3 is 2.40 bits per heavy atom. The van der Waals surface area contributed by atoms with Crippen LogP contribution in [0.3, 0.4) is 0 Å². The van der Waals surface area contributed by atoms with Gasteiger partial charge in [0.1, 0.15) is 0 Å². The first-order valence-electron chi connectivity index (χ1n) is 5.42. The van der Waals surface area contributed by atoms with Crippen molar-refractivity contribution in [1.29, 1.82) is 0 Å². The highest BCUT2D eigenvalue weighted by Crippen LogP contribution is 2.18. The maximum absolute atomic E-state index is 11.6. The number of rotatable bonds is 3. The molecular weight excluding hydrogens is 212 g/mol. The molecule has 1 aliphatic rings. The van der Waals surface area contributed by atoms with Crippen molar-refractivity contribution >= 4 is 18.7 Å². The van der Waals surface area contributed by atoms with E-state index in [1.54, 1.807) is 0 Å². The smallest absolute Gasteiger partial charge is 0.247 e. The van der Waals surface area contributed by atoms with Gasteiger partial charge in [-0.15, -0.1) is 0 Å². The number of carbonyl (C=O) groups excluding carboxylic acids is 1. The Kier molecular flexibility index (Phi) is 4.89. The van der Waals surface area contributed by atoms with Gasteiger partial charge in [-0.3, -0.25) is 9.69 Å². The zero-order valence-corrected chi connectivity index (χ0v) is 10.2. The van der Waals surface area contributed by atoms with E-state index in [0.717, 1.165) is 25.9 Å². The zero-order chi connectivity index (χ0) is 11.4. The molecule has 15 heavy (non-hydrogen) atoms. The fraction of sp³-hybridized carbons (Fsp3) is 0.900. The first-order valence-corrected chi connectivity index (χ1v) is 5.87. The van der Waals surface area contributed by atoms with E-state index in [0.29, 0.717) is 0 Å². The van der Waals surface area contributed by atoms with Gasteiger partial charge in [-0.2, -0.15) is 0 Å². The third-order valence-corrected chi connectivity index (χ3v) is 3.12. The molecule has 4 nitrogen and oxygen atoms in total. The second-order valence-corrected chi connectivity index (χ2v) is 4.66. The lowest BCUT2D eigenvalue weighted by Crippen LogP contribution is -2.51. The van der Waals surface area contributed by atoms with Crippen molar-refractivity contribution < 1.29 is 9.90 Å². The van der Waals surface area contributed by atoms with E-state index < -0.39 is 0 Å². The molecule has 0 unspecified atom stereocenters. The molecule has 0 aromatic carbocycles. The fourth-order valence-electron chi connectivity index (χ4n) is 2.12. The van der Waals surface area contributed by atoms with E-state index >= 15 is 0 Å². The van der Waals surface area contributed by atoms with Gasteiger partial charge in [-0.25, -0.2) is 0 Å². The molecular formula is C10H20N2O2S. The fourth-order valence-corrected chi connectivity index (χ4v) is 2.25. The maximum Gasteiger partial charge on any atom is 0.247 e. The summed E-state index contributed by atoms with van der Waals surface area (Å²) in [5.74, 6) is 0.206. The van der Waals surface area contributed by atoms with Crippen LogP contribution in [0.25, 0.3) is 0 Å². The maximum atomic E-state index is 11.6. The molecule has 0 aromatic heterocycles. The number of aliphatic hydroxyl groups is 1. The van der Waals surface area contributed by atoms with E-state index in [1.165, 1.54) is 0 Å². The van der Waals surface area contributed by atoms with Crippen molar-refractivity contribution in [3.05, 3.63) is 0 Å². The number of aliphatic hydroxyl groups excluding tert-OH is 1. The van der Waals surface area contributed by atoms with E-state index in [-0.39, 0.29) is 24.0 Å². The Hall–Kier alpha value is -0.260. The minimum absolute atomic E-state index is 0.0512. The molecule has 1 aliphatic heterocycles. The van der Waals surface area contributed by atoms with Gasteiger partial charge in [0.15, 0.2) is 0 Å². The number of piperidine rings is 1. The number of thiol groups is 1. The summed E-state index contributed by atoms with van der Waals surface area (Å²) in [6.07, 6.45) is 1.31. The lowest BCUT2D eigenvalue weighted by molar-refractivity contribution is -0.127. The van der Waals surface area contributed by atoms with Crippen molar-refractivity contribution in [2.75, 3.05) is 13.1 Å². The average molecular weight is 232 g/mol. The molecule has 2 N–H and O–H groups in total. The molecule has 1 saturated heterocycles. The lowest BCUT2D eigenvalue weighted by atomic mass is 9.98. The largest absolute Gasteiger partial charge is 0.393 e. The highest BCUT2D eigenvalue weighted by Gasteiger charge is 2.30. The molecule has 0 saturated carbocycles. The molecule has 0 bridgehead atoms. The van der Waals surface area contributed by atoms with Crippen LogP contribution < -0.4 is 4.72 Å². The Labute approximate surface area is 96.6 Å². The molecule has 1 atom stereocenters. The van der Waals surface area contributed by atoms with Gasteiger partial charge in [0.2, 0.25) is 5.91 Å². The van der Waals surface area contributed by atoms with Gasteiger partial charge in [0, 0.05) is 13.1 Å². The van der Waals surface area contributed by atoms with Crippen LogP contribution in [0.2, 0.25) is 0 Å². The number of likely N-dealkylation sites (tertiary alicyclic amines) is 1. The Morgan fingerprint density at radius 2 is 2.00 bits per heavy atom. The van der Waals surface area contributed by atoms with Crippen LogP contribution in [-0.4, -0.2) is 41.1 Å². The zero-order valence-electron chi connectivity index (χ0n) is 9.31. The molecule has 88 valence electrons. The number of hydrogen-bond acceptors (Lipinski definition) is 4. The Balaban J connectivity index is 2.60. The van der Waals surface area contributed by atoms with Crippen LogP contribution in [0.1, 0.15) is 26.7 Å². The highest BCUT2D eigenvalue weighted by atomic mass is 32.1. The monoisotopic (exact) mass is 232 g/mol. The average Bonchev–Trinajstić information content (AvgIpc) is 2.20. The summed E-state index contributed by atoms with van der Waals surface area (Å²) in [6, 6.07) is -0.130. The molecule has 0 aliphatic carbocycles. The number of nitrogens with one attached hydrogen (secondary N) is 1. The number of hydrogen-bond donors (Lipinski definition) is 3. The molecule has 1 fully saturated rings. The number of carbonyl (C=O) groups is 1. The SMILES string of the molecule is CC(C)[C@@H](C(=O)NS)N1CCC(O)CC1. The molecule has 0 spiro atoms. The third-order valence-electron chi connectivity index (χ3n) is 2.90. The molecule has 1 heterocycles. The quantitative estimate of drug-likeness (QED) is 0.619. The number of amides is 1. The van der Waals surface area contributed by atoms with Crippen molar-refractivity contribution in [2.45, 2.75) is 38.8 Å². The molecule has 1 rings (SSSR count). The van der Waals surface area contributed by atoms with Gasteiger partial charge in [0.25, 0.3) is 0 Å². The minimum atomic E-state index is -0.201. The van der Waals surface area contributed by atoms with Gasteiger partial charge in [-0.05, 0) is 18.8 Å². The van der Waals surface area contributed by atoms with E-state index in [1.807, 2.05) is 13.8 Å². The summed E-state index contributed by atoms with van der Waals surface area (Å²) in [6.45, 7) is 5.62. The first-order chi connectivity index (χ1) is 7.06. The van der Waals surface area contributed by atoms with Crippen molar-refractivity contribution in [1.82, 2.24) is 9.62 Å². The predicted molar refractivity (Wildman–Crippen MR) is 62.6 cm³/mol. The third kappa shape index (κ3) is 3.36.